The van der Waals surface area contributed by atoms with Crippen LogP contribution in [0.1, 0.15) is 35.8 Å². The Balaban J connectivity index is 2.50. The van der Waals surface area contributed by atoms with Crippen LogP contribution in [0.5, 0.6) is 0 Å². The van der Waals surface area contributed by atoms with Crippen molar-refractivity contribution < 1.29 is 9.90 Å². The second-order valence-electron chi connectivity index (χ2n) is 5.24. The molecule has 1 aromatic heterocycles. The Labute approximate surface area is 116 Å². The summed E-state index contributed by atoms with van der Waals surface area (Å²) in [6, 6.07) is 13.4. The van der Waals surface area contributed by atoms with Crippen LogP contribution in [0.2, 0.25) is 0 Å². The third-order valence-electron chi connectivity index (χ3n) is 3.55. The van der Waals surface area contributed by atoms with Crippen molar-refractivity contribution in [1.29, 1.82) is 0 Å². The van der Waals surface area contributed by atoms with Crippen molar-refractivity contribution in [3.8, 4) is 0 Å². The van der Waals surface area contributed by atoms with Gasteiger partial charge in [-0.1, -0.05) is 50.2 Å². The molecule has 0 amide bonds. The van der Waals surface area contributed by atoms with E-state index < -0.39 is 5.97 Å². The van der Waals surface area contributed by atoms with E-state index in [9.17, 15) is 9.90 Å². The van der Waals surface area contributed by atoms with Gasteiger partial charge in [-0.25, -0.2) is 4.79 Å². The Morgan fingerprint density at radius 1 is 1.10 bits per heavy atom. The number of carboxylic acid groups (broad SMARTS) is 1. The van der Waals surface area contributed by atoms with Gasteiger partial charge in [0.1, 0.15) is 0 Å². The lowest BCUT2D eigenvalue weighted by Gasteiger charge is -2.11. The minimum absolute atomic E-state index is 0.191. The van der Waals surface area contributed by atoms with Gasteiger partial charge in [0.15, 0.2) is 0 Å². The Morgan fingerprint density at radius 2 is 1.85 bits per heavy atom. The molecule has 3 rings (SSSR count). The molecule has 20 heavy (non-hydrogen) atoms. The van der Waals surface area contributed by atoms with Crippen molar-refractivity contribution >= 4 is 27.6 Å². The summed E-state index contributed by atoms with van der Waals surface area (Å²) in [7, 11) is 0. The van der Waals surface area contributed by atoms with E-state index in [0.29, 0.717) is 10.9 Å². The summed E-state index contributed by atoms with van der Waals surface area (Å²) < 4.78 is 0. The lowest BCUT2D eigenvalue weighted by atomic mass is 9.99. The Bertz CT molecular complexity index is 822. The average molecular weight is 265 g/mol. The number of benzene rings is 2. The molecule has 1 heterocycles. The van der Waals surface area contributed by atoms with Gasteiger partial charge in [-0.05, 0) is 17.4 Å². The first-order valence-corrected chi connectivity index (χ1v) is 6.63. The zero-order valence-corrected chi connectivity index (χ0v) is 11.4. The van der Waals surface area contributed by atoms with E-state index in [-0.39, 0.29) is 5.92 Å². The maximum Gasteiger partial charge on any atom is 0.336 e. The maximum absolute atomic E-state index is 11.5. The van der Waals surface area contributed by atoms with Crippen LogP contribution in [-0.2, 0) is 0 Å². The Hall–Kier alpha value is -2.42. The lowest BCUT2D eigenvalue weighted by Crippen LogP contribution is -2.03. The molecule has 0 fully saturated rings. The van der Waals surface area contributed by atoms with Crippen molar-refractivity contribution in [1.82, 2.24) is 4.98 Å². The number of nitrogens with zero attached hydrogens (tertiary/aromatic N) is 1. The molecule has 0 unspecified atom stereocenters. The first-order valence-electron chi connectivity index (χ1n) is 6.63. The normalized spacial score (nSPS) is 11.3. The monoisotopic (exact) mass is 265 g/mol. The van der Waals surface area contributed by atoms with Crippen LogP contribution in [0.15, 0.2) is 42.5 Å². The van der Waals surface area contributed by atoms with E-state index >= 15 is 0 Å². The Kier molecular flexibility index (Phi) is 2.90. The standard InChI is InChI=1S/C17H15NO2/c1-10(2)15-9-14(17(19)20)13-8-7-11-5-3-4-6-12(11)16(13)18-15/h3-10H,1-2H3,(H,19,20). The molecule has 2 aromatic carbocycles. The Morgan fingerprint density at radius 3 is 2.55 bits per heavy atom. The number of hydrogen-bond donors (Lipinski definition) is 1. The maximum atomic E-state index is 11.5. The number of carbonyl (C=O) groups is 1. The van der Waals surface area contributed by atoms with Gasteiger partial charge in [-0.15, -0.1) is 0 Å². The largest absolute Gasteiger partial charge is 0.478 e. The van der Waals surface area contributed by atoms with Crippen molar-refractivity contribution in [2.75, 3.05) is 0 Å². The second-order valence-corrected chi connectivity index (χ2v) is 5.24. The van der Waals surface area contributed by atoms with E-state index in [0.717, 1.165) is 22.0 Å². The van der Waals surface area contributed by atoms with Crippen molar-refractivity contribution in [3.05, 3.63) is 53.7 Å². The summed E-state index contributed by atoms with van der Waals surface area (Å²) >= 11 is 0. The number of rotatable bonds is 2. The third-order valence-corrected chi connectivity index (χ3v) is 3.55. The highest BCUT2D eigenvalue weighted by Crippen LogP contribution is 2.28. The average Bonchev–Trinajstić information content (AvgIpc) is 2.45. The van der Waals surface area contributed by atoms with Crippen LogP contribution in [-0.4, -0.2) is 16.1 Å². The predicted molar refractivity (Wildman–Crippen MR) is 80.3 cm³/mol. The second kappa shape index (κ2) is 4.60. The molecule has 1 N–H and O–H groups in total. The fourth-order valence-electron chi connectivity index (χ4n) is 2.45. The molecule has 0 bridgehead atoms. The molecule has 3 aromatic rings. The zero-order chi connectivity index (χ0) is 14.3. The molecule has 0 saturated heterocycles. The molecule has 3 heteroatoms. The van der Waals surface area contributed by atoms with Gasteiger partial charge in [0.2, 0.25) is 0 Å². The van der Waals surface area contributed by atoms with Gasteiger partial charge in [-0.3, -0.25) is 4.98 Å². The van der Waals surface area contributed by atoms with Gasteiger partial charge >= 0.3 is 5.97 Å². The topological polar surface area (TPSA) is 50.2 Å². The number of fused-ring (bicyclic) bond motifs is 3. The van der Waals surface area contributed by atoms with E-state index in [1.54, 1.807) is 6.07 Å². The molecule has 0 saturated carbocycles. The van der Waals surface area contributed by atoms with Gasteiger partial charge in [-0.2, -0.15) is 0 Å². The molecule has 0 aliphatic heterocycles. The van der Waals surface area contributed by atoms with Crippen LogP contribution < -0.4 is 0 Å². The molecule has 0 aliphatic carbocycles. The summed E-state index contributed by atoms with van der Waals surface area (Å²) in [5.74, 6) is -0.717. The van der Waals surface area contributed by atoms with Crippen molar-refractivity contribution in [3.63, 3.8) is 0 Å². The van der Waals surface area contributed by atoms with Crippen LogP contribution in [0.3, 0.4) is 0 Å². The lowest BCUT2D eigenvalue weighted by molar-refractivity contribution is 0.0699. The van der Waals surface area contributed by atoms with E-state index in [1.807, 2.05) is 50.2 Å². The summed E-state index contributed by atoms with van der Waals surface area (Å²) in [6.45, 7) is 4.04. The molecule has 100 valence electrons. The van der Waals surface area contributed by atoms with Crippen molar-refractivity contribution in [2.45, 2.75) is 19.8 Å². The summed E-state index contributed by atoms with van der Waals surface area (Å²) in [4.78, 5) is 16.2. The summed E-state index contributed by atoms with van der Waals surface area (Å²) in [5, 5.41) is 12.2. The summed E-state index contributed by atoms with van der Waals surface area (Å²) in [5.41, 5.74) is 1.91. The molecular weight excluding hydrogens is 250 g/mol. The van der Waals surface area contributed by atoms with Gasteiger partial charge in [0.05, 0.1) is 11.1 Å². The minimum Gasteiger partial charge on any atom is -0.478 e. The quantitative estimate of drug-likeness (QED) is 0.706. The number of pyridine rings is 1. The number of carboxylic acids is 1. The number of hydrogen-bond acceptors (Lipinski definition) is 2. The van der Waals surface area contributed by atoms with Crippen LogP contribution >= 0.6 is 0 Å². The third kappa shape index (κ3) is 1.92. The zero-order valence-electron chi connectivity index (χ0n) is 11.4. The molecule has 3 nitrogen and oxygen atoms in total. The first kappa shape index (κ1) is 12.6. The summed E-state index contributed by atoms with van der Waals surface area (Å²) in [6.07, 6.45) is 0. The fourth-order valence-corrected chi connectivity index (χ4v) is 2.45. The molecule has 0 spiro atoms. The molecule has 0 radical (unpaired) electrons. The highest BCUT2D eigenvalue weighted by Gasteiger charge is 2.15. The van der Waals surface area contributed by atoms with Gasteiger partial charge in [0, 0.05) is 16.5 Å². The van der Waals surface area contributed by atoms with Crippen molar-refractivity contribution in [2.24, 2.45) is 0 Å². The molecule has 0 atom stereocenters. The van der Waals surface area contributed by atoms with Crippen LogP contribution in [0.25, 0.3) is 21.7 Å². The fraction of sp³-hybridized carbons (Fsp3) is 0.176. The number of aromatic nitrogens is 1. The predicted octanol–water partition coefficient (Wildman–Crippen LogP) is 4.21. The highest BCUT2D eigenvalue weighted by molar-refractivity contribution is 6.12. The van der Waals surface area contributed by atoms with Crippen LogP contribution in [0, 0.1) is 0 Å². The van der Waals surface area contributed by atoms with E-state index in [2.05, 4.69) is 4.98 Å². The highest BCUT2D eigenvalue weighted by atomic mass is 16.4. The minimum atomic E-state index is -0.908. The van der Waals surface area contributed by atoms with E-state index in [1.165, 1.54) is 0 Å². The number of aromatic carboxylic acids is 1. The van der Waals surface area contributed by atoms with Gasteiger partial charge < -0.3 is 5.11 Å². The smallest absolute Gasteiger partial charge is 0.336 e. The molecule has 0 aliphatic rings. The first-order chi connectivity index (χ1) is 9.58. The van der Waals surface area contributed by atoms with Crippen LogP contribution in [0.4, 0.5) is 0 Å². The molecular formula is C17H15NO2. The SMILES string of the molecule is CC(C)c1cc(C(=O)O)c2ccc3ccccc3c2n1. The van der Waals surface area contributed by atoms with E-state index in [4.69, 9.17) is 0 Å². The van der Waals surface area contributed by atoms with Gasteiger partial charge in [0.25, 0.3) is 0 Å².